The number of benzene rings is 3. The Morgan fingerprint density at radius 1 is 1.03 bits per heavy atom. The molecule has 0 radical (unpaired) electrons. The van der Waals surface area contributed by atoms with Crippen LogP contribution in [0.25, 0.3) is 15.9 Å². The van der Waals surface area contributed by atoms with Crippen molar-refractivity contribution in [2.75, 3.05) is 14.2 Å². The third-order valence-corrected chi connectivity index (χ3v) is 8.75. The minimum Gasteiger partial charge on any atom is -0.508 e. The van der Waals surface area contributed by atoms with E-state index in [2.05, 4.69) is 11.1 Å². The van der Waals surface area contributed by atoms with E-state index in [1.54, 1.807) is 60.3 Å². The van der Waals surface area contributed by atoms with Crippen LogP contribution in [0.3, 0.4) is 0 Å². The summed E-state index contributed by atoms with van der Waals surface area (Å²) >= 11 is 3.27. The van der Waals surface area contributed by atoms with Crippen LogP contribution < -0.4 is 14.2 Å². The highest BCUT2D eigenvalue weighted by atomic mass is 32.2. The lowest BCUT2D eigenvalue weighted by Crippen LogP contribution is -2.15. The SMILES string of the molecule is COc1ccc([C@@H]2c3ccc(O)cc3Oc3ncn4nc(CSc5nc6ccccc6s5)nc4c32)cc1OC. The molecule has 3 aromatic heterocycles. The van der Waals surface area contributed by atoms with Gasteiger partial charge in [0.05, 0.1) is 35.8 Å². The van der Waals surface area contributed by atoms with Crippen LogP contribution in [0.1, 0.15) is 28.4 Å². The van der Waals surface area contributed by atoms with Crippen LogP contribution in [-0.4, -0.2) is 43.9 Å². The molecular formula is C28H21N5O4S2. The normalized spacial score (nSPS) is 14.2. The smallest absolute Gasteiger partial charge is 0.228 e. The van der Waals surface area contributed by atoms with Gasteiger partial charge in [0.2, 0.25) is 5.88 Å². The highest BCUT2D eigenvalue weighted by Crippen LogP contribution is 2.49. The fourth-order valence-corrected chi connectivity index (χ4v) is 6.74. The summed E-state index contributed by atoms with van der Waals surface area (Å²) in [4.78, 5) is 14.2. The van der Waals surface area contributed by atoms with Gasteiger partial charge in [-0.25, -0.2) is 19.5 Å². The molecule has 0 saturated heterocycles. The molecule has 9 nitrogen and oxygen atoms in total. The van der Waals surface area contributed by atoms with Gasteiger partial charge in [-0.1, -0.05) is 36.0 Å². The number of hydrogen-bond donors (Lipinski definition) is 1. The van der Waals surface area contributed by atoms with Gasteiger partial charge in [-0.2, -0.15) is 0 Å². The molecule has 3 aromatic carbocycles. The number of rotatable bonds is 6. The quantitative estimate of drug-likeness (QED) is 0.246. The molecule has 0 bridgehead atoms. The van der Waals surface area contributed by atoms with Gasteiger partial charge >= 0.3 is 0 Å². The van der Waals surface area contributed by atoms with Crippen molar-refractivity contribution in [1.82, 2.24) is 24.6 Å². The zero-order valence-corrected chi connectivity index (χ0v) is 22.5. The number of hydrogen-bond acceptors (Lipinski definition) is 10. The summed E-state index contributed by atoms with van der Waals surface area (Å²) < 4.78 is 21.0. The van der Waals surface area contributed by atoms with Crippen molar-refractivity contribution in [1.29, 1.82) is 0 Å². The molecule has 6 aromatic rings. The second-order valence-corrected chi connectivity index (χ2v) is 11.1. The summed E-state index contributed by atoms with van der Waals surface area (Å²) in [7, 11) is 3.22. The van der Waals surface area contributed by atoms with Crippen LogP contribution in [0.4, 0.5) is 0 Å². The number of phenolic OH excluding ortho intramolecular Hbond substituents is 1. The molecule has 4 heterocycles. The van der Waals surface area contributed by atoms with Gasteiger partial charge in [0.15, 0.2) is 27.3 Å². The fraction of sp³-hybridized carbons (Fsp3) is 0.143. The molecule has 1 aliphatic heterocycles. The van der Waals surface area contributed by atoms with Crippen LogP contribution in [-0.2, 0) is 5.75 Å². The molecule has 0 amide bonds. The number of fused-ring (bicyclic) bond motifs is 5. The third-order valence-electron chi connectivity index (χ3n) is 6.57. The predicted octanol–water partition coefficient (Wildman–Crippen LogP) is 6.04. The molecule has 11 heteroatoms. The zero-order chi connectivity index (χ0) is 26.5. The molecule has 1 atom stereocenters. The first-order valence-electron chi connectivity index (χ1n) is 12.1. The molecule has 39 heavy (non-hydrogen) atoms. The first-order chi connectivity index (χ1) is 19.1. The van der Waals surface area contributed by atoms with E-state index in [1.807, 2.05) is 42.5 Å². The van der Waals surface area contributed by atoms with Crippen molar-refractivity contribution in [2.45, 2.75) is 16.0 Å². The summed E-state index contributed by atoms with van der Waals surface area (Å²) in [6, 6.07) is 19.0. The first-order valence-corrected chi connectivity index (χ1v) is 13.9. The van der Waals surface area contributed by atoms with Crippen LogP contribution >= 0.6 is 23.1 Å². The van der Waals surface area contributed by atoms with Crippen molar-refractivity contribution in [3.05, 3.63) is 89.5 Å². The molecule has 7 rings (SSSR count). The average Bonchev–Trinajstić information content (AvgIpc) is 3.58. The second kappa shape index (κ2) is 9.44. The number of aromatic hydroxyl groups is 1. The zero-order valence-electron chi connectivity index (χ0n) is 20.9. The highest BCUT2D eigenvalue weighted by molar-refractivity contribution is 8.00. The van der Waals surface area contributed by atoms with E-state index in [4.69, 9.17) is 29.3 Å². The largest absolute Gasteiger partial charge is 0.508 e. The summed E-state index contributed by atoms with van der Waals surface area (Å²) in [5.41, 5.74) is 4.24. The monoisotopic (exact) mass is 555 g/mol. The summed E-state index contributed by atoms with van der Waals surface area (Å²) in [5.74, 6) is 3.23. The molecular weight excluding hydrogens is 534 g/mol. The Balaban J connectivity index is 1.32. The number of thiazole rings is 1. The Bertz CT molecular complexity index is 1840. The number of thioether (sulfide) groups is 1. The van der Waals surface area contributed by atoms with Gasteiger partial charge < -0.3 is 19.3 Å². The van der Waals surface area contributed by atoms with E-state index in [1.165, 1.54) is 0 Å². The van der Waals surface area contributed by atoms with E-state index in [-0.39, 0.29) is 11.7 Å². The Labute approximate surface area is 231 Å². The third kappa shape index (κ3) is 4.10. The number of para-hydroxylation sites is 1. The van der Waals surface area contributed by atoms with E-state index < -0.39 is 0 Å². The Hall–Kier alpha value is -4.35. The number of methoxy groups -OCH3 is 2. The minimum absolute atomic E-state index is 0.112. The van der Waals surface area contributed by atoms with Crippen LogP contribution in [0.2, 0.25) is 0 Å². The van der Waals surface area contributed by atoms with Gasteiger partial charge in [0, 0.05) is 17.5 Å². The summed E-state index contributed by atoms with van der Waals surface area (Å²) in [6.07, 6.45) is 1.60. The molecule has 0 saturated carbocycles. The number of aromatic nitrogens is 5. The lowest BCUT2D eigenvalue weighted by molar-refractivity contribution is 0.354. The lowest BCUT2D eigenvalue weighted by Gasteiger charge is -2.28. The van der Waals surface area contributed by atoms with E-state index in [9.17, 15) is 5.11 Å². The molecule has 0 unspecified atom stereocenters. The summed E-state index contributed by atoms with van der Waals surface area (Å²) in [5, 5.41) is 14.9. The first kappa shape index (κ1) is 23.7. The lowest BCUT2D eigenvalue weighted by atomic mass is 9.83. The Kier molecular flexibility index (Phi) is 5.75. The van der Waals surface area contributed by atoms with Crippen molar-refractivity contribution >= 4 is 39.0 Å². The van der Waals surface area contributed by atoms with Gasteiger partial charge in [-0.05, 0) is 35.9 Å². The van der Waals surface area contributed by atoms with Gasteiger partial charge in [-0.3, -0.25) is 0 Å². The standard InChI is InChI=1S/C28H21N5O4S2/c1-35-19-10-7-15(11-21(19)36-2)24-17-9-8-16(34)12-20(17)37-27-25(24)26-31-23(32-33(26)14-29-27)13-38-28-30-18-5-3-4-6-22(18)39-28/h3-12,14,24,34H,13H2,1-2H3/t24-/m1/s1. The average molecular weight is 556 g/mol. The molecule has 1 aliphatic rings. The van der Waals surface area contributed by atoms with Gasteiger partial charge in [0.25, 0.3) is 0 Å². The van der Waals surface area contributed by atoms with Gasteiger partial charge in [-0.15, -0.1) is 16.4 Å². The topological polar surface area (TPSA) is 104 Å². The Morgan fingerprint density at radius 2 is 1.90 bits per heavy atom. The molecule has 0 aliphatic carbocycles. The maximum Gasteiger partial charge on any atom is 0.228 e. The minimum atomic E-state index is -0.297. The molecule has 194 valence electrons. The molecule has 0 spiro atoms. The summed E-state index contributed by atoms with van der Waals surface area (Å²) in [6.45, 7) is 0. The van der Waals surface area contributed by atoms with E-state index in [0.717, 1.165) is 31.2 Å². The Morgan fingerprint density at radius 3 is 2.74 bits per heavy atom. The number of nitrogens with zero attached hydrogens (tertiary/aromatic N) is 5. The molecule has 0 fully saturated rings. The van der Waals surface area contributed by atoms with Crippen LogP contribution in [0.5, 0.6) is 28.9 Å². The van der Waals surface area contributed by atoms with E-state index in [0.29, 0.717) is 40.4 Å². The number of phenols is 1. The van der Waals surface area contributed by atoms with Crippen molar-refractivity contribution in [2.24, 2.45) is 0 Å². The van der Waals surface area contributed by atoms with Crippen molar-refractivity contribution < 1.29 is 19.3 Å². The molecule has 1 N–H and O–H groups in total. The number of ether oxygens (including phenoxy) is 3. The highest BCUT2D eigenvalue weighted by Gasteiger charge is 2.34. The fourth-order valence-electron chi connectivity index (χ4n) is 4.83. The van der Waals surface area contributed by atoms with Crippen LogP contribution in [0.15, 0.2) is 71.3 Å². The maximum absolute atomic E-state index is 10.1. The van der Waals surface area contributed by atoms with Gasteiger partial charge in [0.1, 0.15) is 17.8 Å². The second-order valence-electron chi connectivity index (χ2n) is 8.87. The van der Waals surface area contributed by atoms with Crippen molar-refractivity contribution in [3.8, 4) is 28.9 Å². The maximum atomic E-state index is 10.1. The predicted molar refractivity (Wildman–Crippen MR) is 149 cm³/mol. The van der Waals surface area contributed by atoms with Crippen molar-refractivity contribution in [3.63, 3.8) is 0 Å². The van der Waals surface area contributed by atoms with E-state index >= 15 is 0 Å². The van der Waals surface area contributed by atoms with Crippen LogP contribution in [0, 0.1) is 0 Å².